The van der Waals surface area contributed by atoms with Gasteiger partial charge in [-0.25, -0.2) is 0 Å². The van der Waals surface area contributed by atoms with Crippen molar-refractivity contribution in [3.8, 4) is 0 Å². The minimum absolute atomic E-state index is 0. The summed E-state index contributed by atoms with van der Waals surface area (Å²) in [5.74, 6) is -0.233. The quantitative estimate of drug-likeness (QED) is 0.474. The number of carbonyl (C=O) groups excluding carboxylic acids is 1. The third kappa shape index (κ3) is 9.76. The van der Waals surface area contributed by atoms with Crippen molar-refractivity contribution in [1.29, 1.82) is 0 Å². The molecule has 0 N–H and O–H groups in total. The summed E-state index contributed by atoms with van der Waals surface area (Å²) in [6.45, 7) is 5.30. The van der Waals surface area contributed by atoms with E-state index in [1.54, 1.807) is 0 Å². The second-order valence-corrected chi connectivity index (χ2v) is 1.19. The van der Waals surface area contributed by atoms with Gasteiger partial charge in [-0.05, 0) is 0 Å². The molecule has 0 bridgehead atoms. The third-order valence-electron chi connectivity index (χ3n) is 0.450. The second-order valence-electron chi connectivity index (χ2n) is 1.19. The Balaban J connectivity index is 0. The van der Waals surface area contributed by atoms with Crippen LogP contribution < -0.4 is 0 Å². The third-order valence-corrected chi connectivity index (χ3v) is 0.450. The van der Waals surface area contributed by atoms with Gasteiger partial charge in [0.1, 0.15) is 0 Å². The van der Waals surface area contributed by atoms with Gasteiger partial charge in [-0.15, -0.1) is 6.42 Å². The van der Waals surface area contributed by atoms with Crippen LogP contribution in [0.3, 0.4) is 0 Å². The molecule has 0 atom stereocenters. The Morgan fingerprint density at radius 3 is 2.38 bits per heavy atom. The molecule has 45 valence electrons. The van der Waals surface area contributed by atoms with Crippen LogP contribution in [0.15, 0.2) is 0 Å². The molecule has 0 aliphatic carbocycles. The molecule has 0 aromatic rings. The van der Waals surface area contributed by atoms with E-state index >= 15 is 0 Å². The number of carbonyl (C=O) groups is 1. The number of hydrogen-bond acceptors (Lipinski definition) is 2. The van der Waals surface area contributed by atoms with Gasteiger partial charge in [0.05, 0.1) is 6.61 Å². The predicted octanol–water partition coefficient (Wildman–Crippen LogP) is 0.771. The van der Waals surface area contributed by atoms with E-state index in [1.807, 2.05) is 0 Å². The molecular formula is C5H9O2Y-. The standard InChI is InChI=1S/C5H9O2.Y/c1-3-4-7-5(2)6;/h1,3-4H2,2H3;/q-1;. The van der Waals surface area contributed by atoms with Gasteiger partial charge < -0.3 is 11.7 Å². The molecule has 0 fully saturated rings. The first-order valence-corrected chi connectivity index (χ1v) is 2.20. The van der Waals surface area contributed by atoms with Gasteiger partial charge in [-0.1, -0.05) is 0 Å². The van der Waals surface area contributed by atoms with Crippen LogP contribution in [0.25, 0.3) is 0 Å². The Morgan fingerprint density at radius 1 is 1.75 bits per heavy atom. The van der Waals surface area contributed by atoms with Crippen LogP contribution in [-0.2, 0) is 42.2 Å². The summed E-state index contributed by atoms with van der Waals surface area (Å²) >= 11 is 0. The maximum atomic E-state index is 9.95. The zero-order valence-electron chi connectivity index (χ0n) is 5.02. The molecule has 1 radical (unpaired) electrons. The zero-order chi connectivity index (χ0) is 5.70. The molecule has 0 aromatic heterocycles. The van der Waals surface area contributed by atoms with E-state index in [9.17, 15) is 4.79 Å². The smallest absolute Gasteiger partial charge is 0.302 e. The average molecular weight is 190 g/mol. The summed E-state index contributed by atoms with van der Waals surface area (Å²) in [7, 11) is 0. The van der Waals surface area contributed by atoms with Crippen molar-refractivity contribution in [2.75, 3.05) is 6.61 Å². The summed E-state index contributed by atoms with van der Waals surface area (Å²) in [5, 5.41) is 0. The molecule has 3 heteroatoms. The summed E-state index contributed by atoms with van der Waals surface area (Å²) in [6.07, 6.45) is 0.652. The van der Waals surface area contributed by atoms with Crippen LogP contribution in [0.2, 0.25) is 0 Å². The van der Waals surface area contributed by atoms with Crippen molar-refractivity contribution in [1.82, 2.24) is 0 Å². The molecule has 0 aliphatic rings. The van der Waals surface area contributed by atoms with Crippen LogP contribution in [0.1, 0.15) is 13.3 Å². The molecule has 0 saturated heterocycles. The molecule has 0 aliphatic heterocycles. The first-order valence-electron chi connectivity index (χ1n) is 2.20. The van der Waals surface area contributed by atoms with Crippen molar-refractivity contribution < 1.29 is 42.2 Å². The van der Waals surface area contributed by atoms with Crippen LogP contribution in [0.4, 0.5) is 0 Å². The largest absolute Gasteiger partial charge is 0.469 e. The van der Waals surface area contributed by atoms with Crippen LogP contribution in [0.5, 0.6) is 0 Å². The molecule has 8 heavy (non-hydrogen) atoms. The fraction of sp³-hybridized carbons (Fsp3) is 0.600. The van der Waals surface area contributed by atoms with Gasteiger partial charge in [0, 0.05) is 39.6 Å². The second kappa shape index (κ2) is 7.57. The fourth-order valence-electron chi connectivity index (χ4n) is 0.216. The molecule has 0 unspecified atom stereocenters. The van der Waals surface area contributed by atoms with Crippen molar-refractivity contribution >= 4 is 5.97 Å². The number of ether oxygens (including phenoxy) is 1. The minimum Gasteiger partial charge on any atom is -0.469 e. The molecule has 0 amide bonds. The fourth-order valence-corrected chi connectivity index (χ4v) is 0.216. The number of esters is 1. The van der Waals surface area contributed by atoms with Gasteiger partial charge in [-0.3, -0.25) is 4.79 Å². The summed E-state index contributed by atoms with van der Waals surface area (Å²) < 4.78 is 4.49. The number of rotatable bonds is 2. The maximum absolute atomic E-state index is 9.95. The van der Waals surface area contributed by atoms with E-state index in [0.29, 0.717) is 13.0 Å². The van der Waals surface area contributed by atoms with Crippen LogP contribution in [0, 0.1) is 6.92 Å². The van der Waals surface area contributed by atoms with Gasteiger partial charge >= 0.3 is 5.97 Å². The van der Waals surface area contributed by atoms with Gasteiger partial charge in [-0.2, -0.15) is 0 Å². The molecule has 2 nitrogen and oxygen atoms in total. The Bertz CT molecular complexity index is 63.4. The summed E-state index contributed by atoms with van der Waals surface area (Å²) in [4.78, 5) is 9.95. The molecular weight excluding hydrogens is 181 g/mol. The van der Waals surface area contributed by atoms with E-state index < -0.39 is 0 Å². The van der Waals surface area contributed by atoms with E-state index in [0.717, 1.165) is 0 Å². The molecule has 0 heterocycles. The van der Waals surface area contributed by atoms with Crippen molar-refractivity contribution in [2.45, 2.75) is 13.3 Å². The summed E-state index contributed by atoms with van der Waals surface area (Å²) in [5.41, 5.74) is 0. The van der Waals surface area contributed by atoms with Gasteiger partial charge in [0.2, 0.25) is 0 Å². The van der Waals surface area contributed by atoms with Crippen molar-refractivity contribution in [2.24, 2.45) is 0 Å². The Labute approximate surface area is 74.9 Å². The van der Waals surface area contributed by atoms with Crippen LogP contribution in [-0.4, -0.2) is 12.6 Å². The monoisotopic (exact) mass is 190 g/mol. The predicted molar refractivity (Wildman–Crippen MR) is 26.6 cm³/mol. The number of hydrogen-bond donors (Lipinski definition) is 0. The van der Waals surface area contributed by atoms with Gasteiger partial charge in [0.15, 0.2) is 0 Å². The van der Waals surface area contributed by atoms with E-state index in [2.05, 4.69) is 11.7 Å². The zero-order valence-corrected chi connectivity index (χ0v) is 7.85. The minimum atomic E-state index is -0.233. The maximum Gasteiger partial charge on any atom is 0.302 e. The molecule has 0 saturated carbocycles. The Hall–Kier alpha value is 0.574. The Kier molecular flexibility index (Phi) is 10.8. The first-order chi connectivity index (χ1) is 3.27. The average Bonchev–Trinajstić information content (AvgIpc) is 1.61. The van der Waals surface area contributed by atoms with Crippen molar-refractivity contribution in [3.63, 3.8) is 0 Å². The first kappa shape index (κ1) is 11.4. The Morgan fingerprint density at radius 2 is 2.25 bits per heavy atom. The van der Waals surface area contributed by atoms with Gasteiger partial charge in [0.25, 0.3) is 0 Å². The van der Waals surface area contributed by atoms with Crippen LogP contribution >= 0.6 is 0 Å². The summed E-state index contributed by atoms with van der Waals surface area (Å²) in [6, 6.07) is 0. The normalized spacial score (nSPS) is 7.25. The molecule has 0 aromatic carbocycles. The SMILES string of the molecule is [CH2-]CCOC(C)=O.[Y]. The van der Waals surface area contributed by atoms with Crippen molar-refractivity contribution in [3.05, 3.63) is 6.92 Å². The molecule has 0 rings (SSSR count). The van der Waals surface area contributed by atoms with E-state index in [4.69, 9.17) is 0 Å². The molecule has 0 spiro atoms. The van der Waals surface area contributed by atoms with E-state index in [1.165, 1.54) is 6.92 Å². The van der Waals surface area contributed by atoms with E-state index in [-0.39, 0.29) is 38.7 Å². The topological polar surface area (TPSA) is 26.3 Å².